The van der Waals surface area contributed by atoms with Crippen molar-refractivity contribution in [2.75, 3.05) is 26.2 Å². The Morgan fingerprint density at radius 1 is 1.47 bits per heavy atom. The molecule has 1 atom stereocenters. The zero-order valence-corrected chi connectivity index (χ0v) is 11.6. The summed E-state index contributed by atoms with van der Waals surface area (Å²) >= 11 is 0. The summed E-state index contributed by atoms with van der Waals surface area (Å²) in [5.74, 6) is 1.54. The van der Waals surface area contributed by atoms with Crippen LogP contribution in [0.25, 0.3) is 0 Å². The molecule has 1 radical (unpaired) electrons. The summed E-state index contributed by atoms with van der Waals surface area (Å²) in [6, 6.07) is 0. The van der Waals surface area contributed by atoms with Crippen LogP contribution in [0.5, 0.6) is 0 Å². The van der Waals surface area contributed by atoms with Crippen LogP contribution in [0.1, 0.15) is 46.5 Å². The van der Waals surface area contributed by atoms with E-state index in [2.05, 4.69) is 26.1 Å². The van der Waals surface area contributed by atoms with Crippen LogP contribution >= 0.6 is 0 Å². The maximum Gasteiger partial charge on any atom is 0.222 e. The van der Waals surface area contributed by atoms with Crippen molar-refractivity contribution in [2.24, 2.45) is 11.8 Å². The number of carbonyl (C=O) groups is 1. The van der Waals surface area contributed by atoms with Gasteiger partial charge in [-0.2, -0.15) is 0 Å². The lowest BCUT2D eigenvalue weighted by molar-refractivity contribution is -0.131. The van der Waals surface area contributed by atoms with E-state index in [1.807, 2.05) is 4.90 Å². The Balaban J connectivity index is 2.26. The van der Waals surface area contributed by atoms with E-state index < -0.39 is 0 Å². The van der Waals surface area contributed by atoms with Gasteiger partial charge in [0, 0.05) is 32.6 Å². The van der Waals surface area contributed by atoms with Crippen LogP contribution in [-0.2, 0) is 4.79 Å². The summed E-state index contributed by atoms with van der Waals surface area (Å²) in [6.07, 6.45) is 4.20. The largest absolute Gasteiger partial charge is 0.343 e. The molecule has 0 bridgehead atoms. The average Bonchev–Trinajstić information content (AvgIpc) is 2.34. The summed E-state index contributed by atoms with van der Waals surface area (Å²) in [4.78, 5) is 14.0. The number of hydrogen-bond acceptors (Lipinski definition) is 1. The molecular formula is C14H27N2O. The van der Waals surface area contributed by atoms with Crippen molar-refractivity contribution in [3.05, 3.63) is 0 Å². The normalized spacial score (nSPS) is 20.6. The predicted molar refractivity (Wildman–Crippen MR) is 70.9 cm³/mol. The van der Waals surface area contributed by atoms with Gasteiger partial charge in [-0.05, 0) is 38.0 Å². The van der Waals surface area contributed by atoms with Gasteiger partial charge in [-0.15, -0.1) is 0 Å². The molecule has 17 heavy (non-hydrogen) atoms. The standard InChI is InChI=1S/C14H27N2O/c1-4-16(11-12(2)3)14(17)8-7-13-6-5-9-15-10-13/h12-13H,4-11H2,1-3H3. The van der Waals surface area contributed by atoms with Crippen LogP contribution < -0.4 is 5.32 Å². The third-order valence-corrected chi connectivity index (χ3v) is 3.40. The molecule has 1 aliphatic heterocycles. The molecule has 0 aliphatic carbocycles. The van der Waals surface area contributed by atoms with Crippen molar-refractivity contribution in [3.8, 4) is 0 Å². The maximum absolute atomic E-state index is 12.0. The molecule has 1 rings (SSSR count). The van der Waals surface area contributed by atoms with Crippen LogP contribution in [0.3, 0.4) is 0 Å². The smallest absolute Gasteiger partial charge is 0.222 e. The van der Waals surface area contributed by atoms with Gasteiger partial charge in [0.1, 0.15) is 0 Å². The number of nitrogens with zero attached hydrogens (tertiary/aromatic N) is 2. The summed E-state index contributed by atoms with van der Waals surface area (Å²) in [7, 11) is 0. The third kappa shape index (κ3) is 5.53. The Morgan fingerprint density at radius 2 is 2.24 bits per heavy atom. The zero-order chi connectivity index (χ0) is 12.7. The fourth-order valence-corrected chi connectivity index (χ4v) is 2.43. The van der Waals surface area contributed by atoms with Crippen molar-refractivity contribution < 1.29 is 4.79 Å². The van der Waals surface area contributed by atoms with Crippen LogP contribution in [0.15, 0.2) is 0 Å². The first-order valence-electron chi connectivity index (χ1n) is 7.04. The minimum Gasteiger partial charge on any atom is -0.343 e. The Bertz CT molecular complexity index is 222. The van der Waals surface area contributed by atoms with Gasteiger partial charge >= 0.3 is 0 Å². The van der Waals surface area contributed by atoms with Crippen LogP contribution in [0.2, 0.25) is 0 Å². The van der Waals surface area contributed by atoms with Gasteiger partial charge in [0.25, 0.3) is 0 Å². The molecule has 0 spiro atoms. The first kappa shape index (κ1) is 14.5. The molecule has 1 amide bonds. The molecule has 0 aromatic rings. The van der Waals surface area contributed by atoms with Gasteiger partial charge < -0.3 is 4.90 Å². The zero-order valence-electron chi connectivity index (χ0n) is 11.6. The van der Waals surface area contributed by atoms with E-state index in [1.54, 1.807) is 0 Å². The number of amides is 1. The molecular weight excluding hydrogens is 212 g/mol. The molecule has 1 aliphatic rings. The molecule has 1 heterocycles. The molecule has 1 unspecified atom stereocenters. The van der Waals surface area contributed by atoms with Crippen LogP contribution in [0, 0.1) is 11.8 Å². The monoisotopic (exact) mass is 239 g/mol. The fourth-order valence-electron chi connectivity index (χ4n) is 2.43. The average molecular weight is 239 g/mol. The Hall–Kier alpha value is -0.570. The lowest BCUT2D eigenvalue weighted by Crippen LogP contribution is -2.34. The summed E-state index contributed by atoms with van der Waals surface area (Å²) in [5, 5.41) is 4.42. The third-order valence-electron chi connectivity index (χ3n) is 3.40. The Morgan fingerprint density at radius 3 is 2.76 bits per heavy atom. The van der Waals surface area contributed by atoms with Crippen molar-refractivity contribution in [1.29, 1.82) is 0 Å². The highest BCUT2D eigenvalue weighted by molar-refractivity contribution is 5.76. The second-order valence-electron chi connectivity index (χ2n) is 5.50. The number of piperidine rings is 1. The molecule has 99 valence electrons. The van der Waals surface area contributed by atoms with Crippen molar-refractivity contribution in [2.45, 2.75) is 46.5 Å². The van der Waals surface area contributed by atoms with Crippen LogP contribution in [0.4, 0.5) is 0 Å². The van der Waals surface area contributed by atoms with Gasteiger partial charge in [0.15, 0.2) is 0 Å². The number of rotatable bonds is 6. The number of hydrogen-bond donors (Lipinski definition) is 0. The second kappa shape index (κ2) is 7.70. The Labute approximate surface area is 106 Å². The maximum atomic E-state index is 12.0. The van der Waals surface area contributed by atoms with Gasteiger partial charge in [-0.1, -0.05) is 13.8 Å². The molecule has 3 heteroatoms. The van der Waals surface area contributed by atoms with E-state index in [0.29, 0.717) is 24.2 Å². The molecule has 1 saturated heterocycles. The quantitative estimate of drug-likeness (QED) is 0.700. The van der Waals surface area contributed by atoms with E-state index in [4.69, 9.17) is 0 Å². The highest BCUT2D eigenvalue weighted by Crippen LogP contribution is 2.17. The minimum absolute atomic E-state index is 0.326. The molecule has 0 saturated carbocycles. The lowest BCUT2D eigenvalue weighted by Gasteiger charge is -2.25. The van der Waals surface area contributed by atoms with Crippen molar-refractivity contribution in [1.82, 2.24) is 10.2 Å². The second-order valence-corrected chi connectivity index (χ2v) is 5.50. The van der Waals surface area contributed by atoms with Crippen LogP contribution in [-0.4, -0.2) is 37.0 Å². The lowest BCUT2D eigenvalue weighted by atomic mass is 9.94. The summed E-state index contributed by atoms with van der Waals surface area (Å²) < 4.78 is 0. The van der Waals surface area contributed by atoms with Gasteiger partial charge in [-0.25, -0.2) is 5.32 Å². The van der Waals surface area contributed by atoms with Crippen molar-refractivity contribution >= 4 is 5.91 Å². The molecule has 0 aromatic heterocycles. The highest BCUT2D eigenvalue weighted by Gasteiger charge is 2.18. The predicted octanol–water partition coefficient (Wildman–Crippen LogP) is 2.29. The summed E-state index contributed by atoms with van der Waals surface area (Å²) in [5.41, 5.74) is 0. The minimum atomic E-state index is 0.326. The summed E-state index contributed by atoms with van der Waals surface area (Å²) in [6.45, 7) is 10.1. The van der Waals surface area contributed by atoms with Gasteiger partial charge in [0.2, 0.25) is 5.91 Å². The van der Waals surface area contributed by atoms with Gasteiger partial charge in [-0.3, -0.25) is 4.79 Å². The van der Waals surface area contributed by atoms with E-state index in [0.717, 1.165) is 32.6 Å². The fraction of sp³-hybridized carbons (Fsp3) is 0.929. The molecule has 3 nitrogen and oxygen atoms in total. The first-order valence-corrected chi connectivity index (χ1v) is 7.04. The molecule has 0 aromatic carbocycles. The van der Waals surface area contributed by atoms with E-state index >= 15 is 0 Å². The first-order chi connectivity index (χ1) is 8.13. The SMILES string of the molecule is CCN(CC(C)C)C(=O)CCC1CCC[N]C1. The molecule has 1 fully saturated rings. The number of carbonyl (C=O) groups excluding carboxylic acids is 1. The molecule has 0 N–H and O–H groups in total. The van der Waals surface area contributed by atoms with E-state index in [-0.39, 0.29) is 0 Å². The highest BCUT2D eigenvalue weighted by atomic mass is 16.2. The Kier molecular flexibility index (Phi) is 6.56. The topological polar surface area (TPSA) is 34.4 Å². The van der Waals surface area contributed by atoms with Gasteiger partial charge in [0.05, 0.1) is 0 Å². The van der Waals surface area contributed by atoms with E-state index in [1.165, 1.54) is 12.8 Å². The van der Waals surface area contributed by atoms with Crippen molar-refractivity contribution in [3.63, 3.8) is 0 Å². The van der Waals surface area contributed by atoms with E-state index in [9.17, 15) is 4.79 Å².